The van der Waals surface area contributed by atoms with Crippen molar-refractivity contribution in [1.82, 2.24) is 25.5 Å². The quantitative estimate of drug-likeness (QED) is 0.582. The fourth-order valence-corrected chi connectivity index (χ4v) is 3.20. The van der Waals surface area contributed by atoms with Gasteiger partial charge in [-0.05, 0) is 47.9 Å². The number of nitrogens with zero attached hydrogens (tertiary/aromatic N) is 4. The minimum Gasteiger partial charge on any atom is -0.496 e. The van der Waals surface area contributed by atoms with Crippen LogP contribution in [0.2, 0.25) is 0 Å². The number of hydrogen-bond acceptors (Lipinski definition) is 5. The molecular formula is C20H20F3N5O3. The Bertz CT molecular complexity index is 1050. The highest BCUT2D eigenvalue weighted by Gasteiger charge is 2.31. The van der Waals surface area contributed by atoms with Crippen molar-refractivity contribution < 1.29 is 27.8 Å². The minimum absolute atomic E-state index is 0.125. The zero-order valence-corrected chi connectivity index (χ0v) is 16.8. The number of carboxylic acid groups (broad SMARTS) is 1. The molecule has 0 bridgehead atoms. The molecule has 0 aliphatic rings. The number of carbonyl (C=O) groups is 1. The van der Waals surface area contributed by atoms with Gasteiger partial charge < -0.3 is 14.7 Å². The number of nitrogens with one attached hydrogen (secondary N) is 1. The van der Waals surface area contributed by atoms with Crippen molar-refractivity contribution in [3.8, 4) is 16.9 Å². The zero-order valence-electron chi connectivity index (χ0n) is 16.8. The van der Waals surface area contributed by atoms with Crippen LogP contribution in [0.25, 0.3) is 11.1 Å². The summed E-state index contributed by atoms with van der Waals surface area (Å²) in [5.74, 6) is 0.892. The normalized spacial score (nSPS) is 11.4. The number of H-pyrrole nitrogens is 1. The molecular weight excluding hydrogens is 415 g/mol. The molecule has 11 heteroatoms. The molecule has 0 fully saturated rings. The van der Waals surface area contributed by atoms with Crippen molar-refractivity contribution in [1.29, 1.82) is 0 Å². The van der Waals surface area contributed by atoms with Crippen molar-refractivity contribution in [2.75, 3.05) is 13.7 Å². The maximum Gasteiger partial charge on any atom is 0.416 e. The van der Waals surface area contributed by atoms with Crippen molar-refractivity contribution in [3.05, 3.63) is 58.9 Å². The maximum absolute atomic E-state index is 13.3. The number of halogens is 3. The lowest BCUT2D eigenvalue weighted by atomic mass is 9.94. The van der Waals surface area contributed by atoms with Crippen molar-refractivity contribution >= 4 is 6.09 Å². The van der Waals surface area contributed by atoms with Crippen LogP contribution in [0.5, 0.6) is 5.75 Å². The lowest BCUT2D eigenvalue weighted by molar-refractivity contribution is -0.137. The summed E-state index contributed by atoms with van der Waals surface area (Å²) in [6.45, 7) is 1.54. The van der Waals surface area contributed by atoms with E-state index in [0.29, 0.717) is 29.1 Å². The second kappa shape index (κ2) is 9.02. The molecule has 3 rings (SSSR count). The van der Waals surface area contributed by atoms with E-state index in [1.807, 2.05) is 0 Å². The van der Waals surface area contributed by atoms with E-state index < -0.39 is 17.8 Å². The van der Waals surface area contributed by atoms with Crippen LogP contribution >= 0.6 is 0 Å². The number of ether oxygens (including phenoxy) is 1. The van der Waals surface area contributed by atoms with Gasteiger partial charge in [-0.15, -0.1) is 10.2 Å². The molecule has 0 saturated heterocycles. The summed E-state index contributed by atoms with van der Waals surface area (Å²) in [6, 6.07) is 8.54. The summed E-state index contributed by atoms with van der Waals surface area (Å²) in [4.78, 5) is 12.5. The molecule has 1 amide bonds. The summed E-state index contributed by atoms with van der Waals surface area (Å²) in [5, 5.41) is 23.1. The highest BCUT2D eigenvalue weighted by molar-refractivity contribution is 5.75. The van der Waals surface area contributed by atoms with Gasteiger partial charge >= 0.3 is 12.3 Å². The Morgan fingerprint density at radius 3 is 2.55 bits per heavy atom. The first-order valence-corrected chi connectivity index (χ1v) is 9.30. The largest absolute Gasteiger partial charge is 0.496 e. The van der Waals surface area contributed by atoms with Gasteiger partial charge in [-0.2, -0.15) is 18.4 Å². The molecule has 1 aromatic heterocycles. The van der Waals surface area contributed by atoms with E-state index in [4.69, 9.17) is 4.74 Å². The molecule has 0 unspecified atom stereocenters. The number of alkyl halides is 3. The first kappa shape index (κ1) is 22.1. The van der Waals surface area contributed by atoms with E-state index in [1.54, 1.807) is 25.1 Å². The smallest absolute Gasteiger partial charge is 0.416 e. The van der Waals surface area contributed by atoms with E-state index in [9.17, 15) is 23.1 Å². The van der Waals surface area contributed by atoms with Crippen LogP contribution in [0.1, 0.15) is 29.4 Å². The highest BCUT2D eigenvalue weighted by Crippen LogP contribution is 2.38. The van der Waals surface area contributed by atoms with Gasteiger partial charge in [0.15, 0.2) is 5.82 Å². The lowest BCUT2D eigenvalue weighted by Gasteiger charge is -2.21. The van der Waals surface area contributed by atoms with Gasteiger partial charge in [0.2, 0.25) is 0 Å². The number of hydrogen-bond donors (Lipinski definition) is 2. The summed E-state index contributed by atoms with van der Waals surface area (Å²) >= 11 is 0. The van der Waals surface area contributed by atoms with Crippen molar-refractivity contribution in [3.63, 3.8) is 0 Å². The Balaban J connectivity index is 2.12. The summed E-state index contributed by atoms with van der Waals surface area (Å²) in [7, 11) is 1.46. The average molecular weight is 435 g/mol. The number of rotatable bonds is 7. The molecule has 0 spiro atoms. The number of aromatic amines is 1. The molecule has 3 aromatic rings. The summed E-state index contributed by atoms with van der Waals surface area (Å²) < 4.78 is 45.4. The first-order chi connectivity index (χ1) is 14.7. The number of tetrazole rings is 1. The second-order valence-corrected chi connectivity index (χ2v) is 6.71. The lowest BCUT2D eigenvalue weighted by Crippen LogP contribution is -2.28. The average Bonchev–Trinajstić information content (AvgIpc) is 3.24. The van der Waals surface area contributed by atoms with E-state index in [-0.39, 0.29) is 18.7 Å². The maximum atomic E-state index is 13.3. The zero-order chi connectivity index (χ0) is 22.6. The number of benzene rings is 2. The molecule has 0 atom stereocenters. The molecule has 0 radical (unpaired) electrons. The van der Waals surface area contributed by atoms with E-state index in [0.717, 1.165) is 22.6 Å². The third-order valence-corrected chi connectivity index (χ3v) is 4.75. The van der Waals surface area contributed by atoms with Crippen LogP contribution in [-0.2, 0) is 19.1 Å². The Morgan fingerprint density at radius 1 is 1.19 bits per heavy atom. The third-order valence-electron chi connectivity index (χ3n) is 4.75. The molecule has 2 N–H and O–H groups in total. The Kier molecular flexibility index (Phi) is 6.42. The Labute approximate surface area is 175 Å². The fraction of sp³-hybridized carbons (Fsp3) is 0.300. The molecule has 0 aliphatic carbocycles. The van der Waals surface area contributed by atoms with Crippen LogP contribution < -0.4 is 4.74 Å². The van der Waals surface area contributed by atoms with Gasteiger partial charge in [-0.1, -0.05) is 17.3 Å². The van der Waals surface area contributed by atoms with Gasteiger partial charge in [-0.3, -0.25) is 0 Å². The van der Waals surface area contributed by atoms with Crippen LogP contribution in [0.15, 0.2) is 36.4 Å². The predicted octanol–water partition coefficient (Wildman–Crippen LogP) is 3.98. The highest BCUT2D eigenvalue weighted by atomic mass is 19.4. The van der Waals surface area contributed by atoms with E-state index in [2.05, 4.69) is 20.6 Å². The van der Waals surface area contributed by atoms with Gasteiger partial charge in [0.1, 0.15) is 5.75 Å². The first-order valence-electron chi connectivity index (χ1n) is 9.30. The van der Waals surface area contributed by atoms with Crippen LogP contribution in [0.3, 0.4) is 0 Å². The van der Waals surface area contributed by atoms with E-state index >= 15 is 0 Å². The van der Waals surface area contributed by atoms with Gasteiger partial charge in [-0.25, -0.2) is 4.79 Å². The predicted molar refractivity (Wildman–Crippen MR) is 105 cm³/mol. The van der Waals surface area contributed by atoms with Crippen molar-refractivity contribution in [2.45, 2.75) is 26.1 Å². The van der Waals surface area contributed by atoms with Crippen LogP contribution in [-0.4, -0.2) is 50.4 Å². The molecule has 0 aliphatic heterocycles. The van der Waals surface area contributed by atoms with E-state index in [1.165, 1.54) is 13.2 Å². The van der Waals surface area contributed by atoms with Gasteiger partial charge in [0.25, 0.3) is 0 Å². The number of methoxy groups -OCH3 is 1. The Hall–Kier alpha value is -3.63. The van der Waals surface area contributed by atoms with Crippen LogP contribution in [0, 0.1) is 0 Å². The molecule has 8 nitrogen and oxygen atoms in total. The number of aromatic nitrogens is 4. The molecule has 1 heterocycles. The van der Waals surface area contributed by atoms with Crippen LogP contribution in [0.4, 0.5) is 18.0 Å². The monoisotopic (exact) mass is 435 g/mol. The van der Waals surface area contributed by atoms with Gasteiger partial charge in [0, 0.05) is 25.1 Å². The topological polar surface area (TPSA) is 104 Å². The standard InChI is InChI=1S/C20H20F3N5O3/c1-3-28(19(29)30)11-13-10-14(20(21,22)23)5-6-15(13)16-8-12(4-7-17(16)31-2)9-18-24-26-27-25-18/h4-8,10H,3,9,11H2,1-2H3,(H,29,30)(H,24,25,26,27). The SMILES string of the molecule is CCN(Cc1cc(C(F)(F)F)ccc1-c1cc(Cc2nn[nH]n2)ccc1OC)C(=O)O. The minimum atomic E-state index is -4.56. The molecule has 0 saturated carbocycles. The number of amides is 1. The van der Waals surface area contributed by atoms with Crippen molar-refractivity contribution in [2.24, 2.45) is 0 Å². The summed E-state index contributed by atoms with van der Waals surface area (Å²) in [5.41, 5.74) is 1.13. The molecule has 2 aromatic carbocycles. The summed E-state index contributed by atoms with van der Waals surface area (Å²) in [6.07, 6.45) is -5.43. The molecule has 31 heavy (non-hydrogen) atoms. The molecule has 164 valence electrons. The third kappa shape index (κ3) is 5.11. The Morgan fingerprint density at radius 2 is 1.97 bits per heavy atom. The fourth-order valence-electron chi connectivity index (χ4n) is 3.20. The van der Waals surface area contributed by atoms with Gasteiger partial charge in [0.05, 0.1) is 12.7 Å². The second-order valence-electron chi connectivity index (χ2n) is 6.71.